The van der Waals surface area contributed by atoms with Crippen molar-refractivity contribution in [1.29, 1.82) is 0 Å². The van der Waals surface area contributed by atoms with Gasteiger partial charge >= 0.3 is 0 Å². The molecule has 19 heavy (non-hydrogen) atoms. The van der Waals surface area contributed by atoms with Gasteiger partial charge in [0.25, 0.3) is 5.91 Å². The van der Waals surface area contributed by atoms with E-state index in [4.69, 9.17) is 0 Å². The van der Waals surface area contributed by atoms with Gasteiger partial charge in [-0.05, 0) is 25.9 Å². The standard InChI is InChI=1S/C12H19N5O2/c18-11(12(19)7-14-8-12)16-9-5-15-17(6-9)10-1-3-13-4-2-10/h5-6,10,13-14,19H,1-4,7-8H2,(H,16,18). The third kappa shape index (κ3) is 2.49. The number of nitrogens with one attached hydrogen (secondary N) is 3. The van der Waals surface area contributed by atoms with Crippen molar-refractivity contribution in [3.63, 3.8) is 0 Å². The fourth-order valence-corrected chi connectivity index (χ4v) is 2.44. The molecular formula is C12H19N5O2. The van der Waals surface area contributed by atoms with E-state index in [9.17, 15) is 9.90 Å². The Balaban J connectivity index is 1.62. The van der Waals surface area contributed by atoms with Crippen LogP contribution in [0.5, 0.6) is 0 Å². The fraction of sp³-hybridized carbons (Fsp3) is 0.667. The Labute approximate surface area is 111 Å². The van der Waals surface area contributed by atoms with Crippen molar-refractivity contribution < 1.29 is 9.90 Å². The van der Waals surface area contributed by atoms with Crippen LogP contribution in [0.1, 0.15) is 18.9 Å². The number of anilines is 1. The lowest BCUT2D eigenvalue weighted by molar-refractivity contribution is -0.138. The highest BCUT2D eigenvalue weighted by molar-refractivity contribution is 5.98. The van der Waals surface area contributed by atoms with Gasteiger partial charge in [0.1, 0.15) is 0 Å². The second-order valence-electron chi connectivity index (χ2n) is 5.28. The monoisotopic (exact) mass is 265 g/mol. The first-order chi connectivity index (χ1) is 9.17. The van der Waals surface area contributed by atoms with E-state index in [2.05, 4.69) is 21.0 Å². The number of carbonyl (C=O) groups is 1. The van der Waals surface area contributed by atoms with Crippen molar-refractivity contribution in [2.24, 2.45) is 0 Å². The zero-order valence-electron chi connectivity index (χ0n) is 10.7. The maximum absolute atomic E-state index is 11.9. The quantitative estimate of drug-likeness (QED) is 0.567. The van der Waals surface area contributed by atoms with Crippen LogP contribution in [0.2, 0.25) is 0 Å². The molecule has 0 spiro atoms. The molecule has 4 N–H and O–H groups in total. The zero-order chi connectivity index (χ0) is 13.3. The molecule has 0 radical (unpaired) electrons. The van der Waals surface area contributed by atoms with E-state index in [0.717, 1.165) is 25.9 Å². The van der Waals surface area contributed by atoms with Gasteiger partial charge in [0.2, 0.25) is 0 Å². The maximum Gasteiger partial charge on any atom is 0.259 e. The average Bonchev–Trinajstić information content (AvgIpc) is 2.85. The Morgan fingerprint density at radius 3 is 2.79 bits per heavy atom. The van der Waals surface area contributed by atoms with Gasteiger partial charge in [-0.3, -0.25) is 9.48 Å². The number of aliphatic hydroxyl groups is 1. The Morgan fingerprint density at radius 1 is 1.42 bits per heavy atom. The summed E-state index contributed by atoms with van der Waals surface area (Å²) in [5, 5.41) is 23.1. The summed E-state index contributed by atoms with van der Waals surface area (Å²) >= 11 is 0. The molecule has 1 aromatic heterocycles. The van der Waals surface area contributed by atoms with Crippen LogP contribution in [0.4, 0.5) is 5.69 Å². The van der Waals surface area contributed by atoms with E-state index in [1.807, 2.05) is 10.9 Å². The summed E-state index contributed by atoms with van der Waals surface area (Å²) in [6.07, 6.45) is 5.56. The number of carbonyl (C=O) groups excluding carboxylic acids is 1. The molecule has 0 bridgehead atoms. The van der Waals surface area contributed by atoms with E-state index in [0.29, 0.717) is 24.8 Å². The molecule has 0 saturated carbocycles. The van der Waals surface area contributed by atoms with Crippen molar-refractivity contribution in [1.82, 2.24) is 20.4 Å². The second kappa shape index (κ2) is 4.92. The Kier molecular flexibility index (Phi) is 3.26. The Morgan fingerprint density at radius 2 is 2.16 bits per heavy atom. The van der Waals surface area contributed by atoms with Gasteiger partial charge in [-0.1, -0.05) is 0 Å². The third-order valence-electron chi connectivity index (χ3n) is 3.80. The first kappa shape index (κ1) is 12.6. The molecule has 2 aliphatic rings. The predicted molar refractivity (Wildman–Crippen MR) is 69.8 cm³/mol. The van der Waals surface area contributed by atoms with Gasteiger partial charge in [0.05, 0.1) is 17.9 Å². The topological polar surface area (TPSA) is 91.2 Å². The van der Waals surface area contributed by atoms with E-state index >= 15 is 0 Å². The van der Waals surface area contributed by atoms with Crippen molar-refractivity contribution in [2.45, 2.75) is 24.5 Å². The highest BCUT2D eigenvalue weighted by Gasteiger charge is 2.42. The summed E-state index contributed by atoms with van der Waals surface area (Å²) in [6, 6.07) is 0.389. The maximum atomic E-state index is 11.9. The molecule has 3 heterocycles. The van der Waals surface area contributed by atoms with Gasteiger partial charge in [-0.25, -0.2) is 0 Å². The van der Waals surface area contributed by atoms with Gasteiger partial charge in [0, 0.05) is 19.3 Å². The SMILES string of the molecule is O=C(Nc1cnn(C2CCNCC2)c1)C1(O)CNC1. The molecule has 0 aliphatic carbocycles. The molecule has 2 fully saturated rings. The molecular weight excluding hydrogens is 246 g/mol. The number of β-amino-alcohol motifs (C(OH)–C–C–N with tert-alkyl or cyclic N) is 1. The van der Waals surface area contributed by atoms with Crippen LogP contribution < -0.4 is 16.0 Å². The van der Waals surface area contributed by atoms with E-state index < -0.39 is 5.60 Å². The highest BCUT2D eigenvalue weighted by Crippen LogP contribution is 2.20. The van der Waals surface area contributed by atoms with Gasteiger partial charge in [-0.2, -0.15) is 5.10 Å². The number of aromatic nitrogens is 2. The molecule has 0 unspecified atom stereocenters. The molecule has 3 rings (SSSR count). The molecule has 104 valence electrons. The molecule has 2 aliphatic heterocycles. The molecule has 0 aromatic carbocycles. The molecule has 1 amide bonds. The van der Waals surface area contributed by atoms with Crippen molar-refractivity contribution in [2.75, 3.05) is 31.5 Å². The number of rotatable bonds is 3. The van der Waals surface area contributed by atoms with Crippen molar-refractivity contribution in [3.8, 4) is 0 Å². The van der Waals surface area contributed by atoms with Crippen LogP contribution >= 0.6 is 0 Å². The van der Waals surface area contributed by atoms with Crippen LogP contribution in [-0.4, -0.2) is 52.6 Å². The molecule has 2 saturated heterocycles. The number of hydrogen-bond acceptors (Lipinski definition) is 5. The Hall–Kier alpha value is -1.44. The normalized spacial score (nSPS) is 22.8. The van der Waals surface area contributed by atoms with E-state index in [-0.39, 0.29) is 5.91 Å². The highest BCUT2D eigenvalue weighted by atomic mass is 16.3. The Bertz CT molecular complexity index is 462. The van der Waals surface area contributed by atoms with E-state index in [1.165, 1.54) is 0 Å². The van der Waals surface area contributed by atoms with Gasteiger partial charge in [0.15, 0.2) is 5.60 Å². The van der Waals surface area contributed by atoms with Crippen LogP contribution in [-0.2, 0) is 4.79 Å². The summed E-state index contributed by atoms with van der Waals surface area (Å²) < 4.78 is 1.90. The smallest absolute Gasteiger partial charge is 0.259 e. The van der Waals surface area contributed by atoms with Crippen LogP contribution in [0, 0.1) is 0 Å². The minimum Gasteiger partial charge on any atom is -0.377 e. The zero-order valence-corrected chi connectivity index (χ0v) is 10.7. The minimum atomic E-state index is -1.27. The lowest BCUT2D eigenvalue weighted by atomic mass is 9.96. The molecule has 7 nitrogen and oxygen atoms in total. The molecule has 1 aromatic rings. The van der Waals surface area contributed by atoms with Crippen molar-refractivity contribution >= 4 is 11.6 Å². The number of piperidine rings is 1. The number of nitrogens with zero attached hydrogens (tertiary/aromatic N) is 2. The summed E-state index contributed by atoms with van der Waals surface area (Å²) in [5.41, 5.74) is -0.625. The molecule has 0 atom stereocenters. The lowest BCUT2D eigenvalue weighted by Crippen LogP contribution is -2.65. The van der Waals surface area contributed by atoms with Gasteiger partial charge in [-0.15, -0.1) is 0 Å². The van der Waals surface area contributed by atoms with Crippen LogP contribution in [0.15, 0.2) is 12.4 Å². The predicted octanol–water partition coefficient (Wildman–Crippen LogP) is -0.920. The third-order valence-corrected chi connectivity index (χ3v) is 3.80. The van der Waals surface area contributed by atoms with Crippen LogP contribution in [0.25, 0.3) is 0 Å². The number of amides is 1. The summed E-state index contributed by atoms with van der Waals surface area (Å²) in [6.45, 7) is 2.61. The lowest BCUT2D eigenvalue weighted by Gasteiger charge is -2.35. The summed E-state index contributed by atoms with van der Waals surface area (Å²) in [5.74, 6) is -0.365. The van der Waals surface area contributed by atoms with E-state index in [1.54, 1.807) is 6.20 Å². The molecule has 7 heteroatoms. The van der Waals surface area contributed by atoms with Crippen molar-refractivity contribution in [3.05, 3.63) is 12.4 Å². The van der Waals surface area contributed by atoms with Gasteiger partial charge < -0.3 is 21.1 Å². The van der Waals surface area contributed by atoms with Crippen LogP contribution in [0.3, 0.4) is 0 Å². The first-order valence-corrected chi connectivity index (χ1v) is 6.67. The minimum absolute atomic E-state index is 0.307. The summed E-state index contributed by atoms with van der Waals surface area (Å²) in [4.78, 5) is 11.9. The summed E-state index contributed by atoms with van der Waals surface area (Å²) in [7, 11) is 0. The first-order valence-electron chi connectivity index (χ1n) is 6.67. The average molecular weight is 265 g/mol. The fourth-order valence-electron chi connectivity index (χ4n) is 2.44. The second-order valence-corrected chi connectivity index (χ2v) is 5.28. The largest absolute Gasteiger partial charge is 0.377 e. The number of hydrogen-bond donors (Lipinski definition) is 4.